The molecule has 0 aromatic heterocycles. The summed E-state index contributed by atoms with van der Waals surface area (Å²) in [6, 6.07) is 8.98. The third-order valence-electron chi connectivity index (χ3n) is 9.88. The minimum Gasteiger partial charge on any atom is -0.465 e. The second-order valence-corrected chi connectivity index (χ2v) is 11.1. The van der Waals surface area contributed by atoms with Crippen LogP contribution in [0.4, 0.5) is 0 Å². The molecule has 1 heterocycles. The highest BCUT2D eigenvalue weighted by atomic mass is 16.5. The zero-order chi connectivity index (χ0) is 22.3. The second-order valence-electron chi connectivity index (χ2n) is 11.1. The Morgan fingerprint density at radius 1 is 1.06 bits per heavy atom. The van der Waals surface area contributed by atoms with Crippen LogP contribution in [0.15, 0.2) is 42.5 Å². The number of ether oxygens (including phenoxy) is 2. The number of allylic oxidation sites excluding steroid dienone is 1. The molecule has 5 aliphatic carbocycles. The Balaban J connectivity index is 1.48. The molecule has 1 spiro atoms. The van der Waals surface area contributed by atoms with Crippen LogP contribution in [0, 0.1) is 34.0 Å². The summed E-state index contributed by atoms with van der Waals surface area (Å²) < 4.78 is 12.1. The van der Waals surface area contributed by atoms with Crippen molar-refractivity contribution >= 4 is 17.7 Å². The van der Waals surface area contributed by atoms with Gasteiger partial charge in [0, 0.05) is 5.41 Å². The maximum atomic E-state index is 13.8. The van der Waals surface area contributed by atoms with Gasteiger partial charge >= 0.3 is 11.9 Å². The molecule has 168 valence electrons. The van der Waals surface area contributed by atoms with Crippen molar-refractivity contribution in [3.05, 3.63) is 48.0 Å². The lowest BCUT2D eigenvalue weighted by Crippen LogP contribution is -2.73. The summed E-state index contributed by atoms with van der Waals surface area (Å²) in [4.78, 5) is 40.5. The number of esters is 2. The van der Waals surface area contributed by atoms with Crippen molar-refractivity contribution < 1.29 is 23.9 Å². The van der Waals surface area contributed by atoms with Gasteiger partial charge in [-0.05, 0) is 74.0 Å². The molecule has 6 fully saturated rings. The van der Waals surface area contributed by atoms with Gasteiger partial charge in [-0.1, -0.05) is 38.1 Å². The molecule has 2 unspecified atom stereocenters. The molecule has 4 bridgehead atoms. The summed E-state index contributed by atoms with van der Waals surface area (Å²) in [6.07, 6.45) is 5.05. The number of fused-ring (bicyclic) bond motifs is 2. The standard InChI is InChI=1S/C27H30O5/c1-16-18-9-12-27(22(16)28)20(13-18)26-11-6-10-25(2,15-31-24(26)30)19(26)14-21(27)32-23(29)17-7-4-3-5-8-17/h3-5,7-8,18-21H,1,6,9-15H2,2H3/t18-,19?,20?,21+,25-,26-,27+/m0/s1. The number of cyclic esters (lactones) is 1. The predicted molar refractivity (Wildman–Crippen MR) is 117 cm³/mol. The van der Waals surface area contributed by atoms with Crippen molar-refractivity contribution in [2.45, 2.75) is 58.0 Å². The molecule has 5 saturated carbocycles. The van der Waals surface area contributed by atoms with Crippen molar-refractivity contribution in [2.75, 3.05) is 6.61 Å². The van der Waals surface area contributed by atoms with Gasteiger partial charge in [0.25, 0.3) is 0 Å². The van der Waals surface area contributed by atoms with E-state index < -0.39 is 16.9 Å². The van der Waals surface area contributed by atoms with E-state index in [9.17, 15) is 14.4 Å². The summed E-state index contributed by atoms with van der Waals surface area (Å²) in [5.74, 6) is -0.450. The highest BCUT2D eigenvalue weighted by Gasteiger charge is 2.76. The van der Waals surface area contributed by atoms with E-state index in [1.165, 1.54) is 0 Å². The first kappa shape index (κ1) is 20.2. The molecule has 0 N–H and O–H groups in total. The van der Waals surface area contributed by atoms with Crippen LogP contribution < -0.4 is 0 Å². The summed E-state index contributed by atoms with van der Waals surface area (Å²) in [7, 11) is 0. The largest absolute Gasteiger partial charge is 0.465 e. The normalized spacial score (nSPS) is 44.3. The fourth-order valence-corrected chi connectivity index (χ4v) is 8.41. The van der Waals surface area contributed by atoms with Crippen LogP contribution in [0.3, 0.4) is 0 Å². The highest BCUT2D eigenvalue weighted by molar-refractivity contribution is 6.03. The number of carbonyl (C=O) groups is 3. The van der Waals surface area contributed by atoms with E-state index >= 15 is 0 Å². The Bertz CT molecular complexity index is 1030. The first-order valence-corrected chi connectivity index (χ1v) is 12.0. The Morgan fingerprint density at radius 3 is 2.62 bits per heavy atom. The maximum Gasteiger partial charge on any atom is 0.338 e. The van der Waals surface area contributed by atoms with E-state index in [0.717, 1.165) is 32.1 Å². The Labute approximate surface area is 188 Å². The SMILES string of the molecule is C=C1C(=O)[C@]23CC[C@H]1CC2[C@@]12CCC[C@@](C)(COC1=O)C2C[C@H]3OC(=O)c1ccccc1. The second kappa shape index (κ2) is 6.55. The van der Waals surface area contributed by atoms with Gasteiger partial charge in [-0.2, -0.15) is 0 Å². The molecule has 5 heteroatoms. The molecule has 1 aliphatic heterocycles. The maximum absolute atomic E-state index is 13.8. The lowest BCUT2D eigenvalue weighted by Gasteiger charge is -2.69. The molecule has 6 aliphatic rings. The Morgan fingerprint density at radius 2 is 1.84 bits per heavy atom. The van der Waals surface area contributed by atoms with Gasteiger partial charge in [-0.15, -0.1) is 0 Å². The quantitative estimate of drug-likeness (QED) is 0.506. The van der Waals surface area contributed by atoms with Gasteiger partial charge in [-0.3, -0.25) is 9.59 Å². The number of hydrogen-bond acceptors (Lipinski definition) is 5. The molecule has 0 radical (unpaired) electrons. The molecular weight excluding hydrogens is 404 g/mol. The molecule has 7 rings (SSSR count). The summed E-state index contributed by atoms with van der Waals surface area (Å²) in [5, 5.41) is 0. The molecule has 1 aromatic rings. The van der Waals surface area contributed by atoms with Gasteiger partial charge < -0.3 is 9.47 Å². The molecule has 7 atom stereocenters. The van der Waals surface area contributed by atoms with Gasteiger partial charge in [-0.25, -0.2) is 4.79 Å². The zero-order valence-electron chi connectivity index (χ0n) is 18.6. The van der Waals surface area contributed by atoms with E-state index in [2.05, 4.69) is 13.5 Å². The number of benzene rings is 1. The molecule has 32 heavy (non-hydrogen) atoms. The smallest absolute Gasteiger partial charge is 0.338 e. The van der Waals surface area contributed by atoms with E-state index in [1.807, 2.05) is 18.2 Å². The Hall–Kier alpha value is -2.43. The number of carbonyl (C=O) groups excluding carboxylic acids is 3. The fraction of sp³-hybridized carbons (Fsp3) is 0.593. The summed E-state index contributed by atoms with van der Waals surface area (Å²) in [5.41, 5.74) is -0.490. The minimum atomic E-state index is -0.860. The van der Waals surface area contributed by atoms with Crippen molar-refractivity contribution in [2.24, 2.45) is 34.0 Å². The number of Topliss-reactive ketones (excluding diaryl/α,β-unsaturated/α-hetero) is 1. The number of rotatable bonds is 2. The monoisotopic (exact) mass is 434 g/mol. The third-order valence-corrected chi connectivity index (χ3v) is 9.88. The topological polar surface area (TPSA) is 69.7 Å². The van der Waals surface area contributed by atoms with Crippen LogP contribution in [0.5, 0.6) is 0 Å². The summed E-state index contributed by atoms with van der Waals surface area (Å²) in [6.45, 7) is 6.78. The molecule has 1 aromatic carbocycles. The third kappa shape index (κ3) is 2.32. The van der Waals surface area contributed by atoms with E-state index in [0.29, 0.717) is 30.6 Å². The van der Waals surface area contributed by atoms with Gasteiger partial charge in [0.1, 0.15) is 6.10 Å². The van der Waals surface area contributed by atoms with Crippen LogP contribution in [0.25, 0.3) is 0 Å². The molecule has 0 amide bonds. The van der Waals surface area contributed by atoms with Gasteiger partial charge in [0.05, 0.1) is 23.0 Å². The van der Waals surface area contributed by atoms with Crippen LogP contribution in [-0.2, 0) is 19.1 Å². The van der Waals surface area contributed by atoms with E-state index in [-0.39, 0.29) is 40.9 Å². The van der Waals surface area contributed by atoms with Gasteiger partial charge in [0.2, 0.25) is 0 Å². The highest BCUT2D eigenvalue weighted by Crippen LogP contribution is 2.73. The van der Waals surface area contributed by atoms with Crippen LogP contribution in [0.1, 0.15) is 62.2 Å². The summed E-state index contributed by atoms with van der Waals surface area (Å²) >= 11 is 0. The van der Waals surface area contributed by atoms with Crippen LogP contribution >= 0.6 is 0 Å². The van der Waals surface area contributed by atoms with Crippen molar-refractivity contribution in [1.29, 1.82) is 0 Å². The van der Waals surface area contributed by atoms with Gasteiger partial charge in [0.15, 0.2) is 5.78 Å². The lowest BCUT2D eigenvalue weighted by molar-refractivity contribution is -0.254. The average molecular weight is 435 g/mol. The molecule has 5 nitrogen and oxygen atoms in total. The van der Waals surface area contributed by atoms with Crippen molar-refractivity contribution in [3.63, 3.8) is 0 Å². The predicted octanol–water partition coefficient (Wildman–Crippen LogP) is 4.51. The first-order valence-electron chi connectivity index (χ1n) is 12.0. The fourth-order valence-electron chi connectivity index (χ4n) is 8.41. The van der Waals surface area contributed by atoms with Crippen LogP contribution in [-0.4, -0.2) is 30.4 Å². The number of hydrogen-bond donors (Lipinski definition) is 0. The van der Waals surface area contributed by atoms with E-state index in [4.69, 9.17) is 9.47 Å². The Kier molecular flexibility index (Phi) is 4.14. The number of ketones is 1. The average Bonchev–Trinajstić information content (AvgIpc) is 2.80. The van der Waals surface area contributed by atoms with Crippen LogP contribution in [0.2, 0.25) is 0 Å². The molecular formula is C27H30O5. The first-order chi connectivity index (χ1) is 15.3. The van der Waals surface area contributed by atoms with Crippen molar-refractivity contribution in [3.8, 4) is 0 Å². The zero-order valence-corrected chi connectivity index (χ0v) is 18.6. The van der Waals surface area contributed by atoms with E-state index in [1.54, 1.807) is 12.1 Å². The molecule has 1 saturated heterocycles. The van der Waals surface area contributed by atoms with Crippen molar-refractivity contribution in [1.82, 2.24) is 0 Å². The minimum absolute atomic E-state index is 0.0225. The lowest BCUT2D eigenvalue weighted by atomic mass is 9.35.